The first-order valence-electron chi connectivity index (χ1n) is 40.6. The Kier molecular flexibility index (Phi) is 69.6. The van der Waals surface area contributed by atoms with Crippen LogP contribution in [0.1, 0.15) is 373 Å². The van der Waals surface area contributed by atoms with E-state index in [4.69, 9.17) is 9.47 Å². The molecule has 0 aromatic rings. The van der Waals surface area contributed by atoms with Crippen LogP contribution >= 0.6 is 0 Å². The second-order valence-electron chi connectivity index (χ2n) is 27.8. The van der Waals surface area contributed by atoms with Gasteiger partial charge < -0.3 is 40.3 Å². The summed E-state index contributed by atoms with van der Waals surface area (Å²) in [5, 5.41) is 55.1. The molecular weight excluding hydrogens is 1170 g/mol. The van der Waals surface area contributed by atoms with Gasteiger partial charge >= 0.3 is 0 Å². The Labute approximate surface area is 586 Å². The lowest BCUT2D eigenvalue weighted by molar-refractivity contribution is -0.302. The van der Waals surface area contributed by atoms with E-state index in [0.29, 0.717) is 12.8 Å². The number of allylic oxidation sites excluding steroid dienone is 18. The highest BCUT2D eigenvalue weighted by atomic mass is 16.7. The van der Waals surface area contributed by atoms with Gasteiger partial charge in [-0.2, -0.15) is 0 Å². The highest BCUT2D eigenvalue weighted by Crippen LogP contribution is 2.24. The number of aliphatic hydroxyl groups is 5. The first-order valence-corrected chi connectivity index (χ1v) is 40.6. The molecule has 9 heteroatoms. The molecule has 1 saturated heterocycles. The summed E-state index contributed by atoms with van der Waals surface area (Å²) in [6, 6.07) is -0.728. The van der Waals surface area contributed by atoms with Crippen molar-refractivity contribution in [2.24, 2.45) is 0 Å². The van der Waals surface area contributed by atoms with Gasteiger partial charge in [-0.1, -0.05) is 393 Å². The number of hydrogen-bond donors (Lipinski definition) is 6. The lowest BCUT2D eigenvalue weighted by Crippen LogP contribution is -2.60. The topological polar surface area (TPSA) is 149 Å². The number of aliphatic hydroxyl groups excluding tert-OH is 5. The zero-order valence-electron chi connectivity index (χ0n) is 61.9. The minimum Gasteiger partial charge on any atom is -0.394 e. The molecule has 9 nitrogen and oxygen atoms in total. The molecule has 1 heterocycles. The minimum absolute atomic E-state index is 0.140. The second kappa shape index (κ2) is 73.6. The summed E-state index contributed by atoms with van der Waals surface area (Å²) in [6.45, 7) is 3.77. The van der Waals surface area contributed by atoms with E-state index in [2.05, 4.69) is 129 Å². The summed E-state index contributed by atoms with van der Waals surface area (Å²) in [5.74, 6) is -0.143. The van der Waals surface area contributed by atoms with Crippen molar-refractivity contribution in [3.05, 3.63) is 109 Å². The molecule has 7 unspecified atom stereocenters. The van der Waals surface area contributed by atoms with Crippen LogP contribution in [0.15, 0.2) is 109 Å². The van der Waals surface area contributed by atoms with Crippen molar-refractivity contribution in [3.8, 4) is 0 Å². The van der Waals surface area contributed by atoms with Gasteiger partial charge in [-0.15, -0.1) is 0 Å². The van der Waals surface area contributed by atoms with Crippen LogP contribution in [0.25, 0.3) is 0 Å². The van der Waals surface area contributed by atoms with Crippen molar-refractivity contribution in [1.82, 2.24) is 5.32 Å². The van der Waals surface area contributed by atoms with Gasteiger partial charge in [0.1, 0.15) is 24.4 Å². The van der Waals surface area contributed by atoms with Crippen LogP contribution < -0.4 is 5.32 Å². The number of amides is 1. The lowest BCUT2D eigenvalue weighted by Gasteiger charge is -2.40. The summed E-state index contributed by atoms with van der Waals surface area (Å²) < 4.78 is 11.4. The second-order valence-corrected chi connectivity index (χ2v) is 27.8. The predicted octanol–water partition coefficient (Wildman–Crippen LogP) is 23.5. The van der Waals surface area contributed by atoms with Gasteiger partial charge in [0.15, 0.2) is 6.29 Å². The Morgan fingerprint density at radius 3 is 0.968 bits per heavy atom. The maximum atomic E-state index is 13.2. The summed E-state index contributed by atoms with van der Waals surface area (Å²) in [4.78, 5) is 13.2. The van der Waals surface area contributed by atoms with Gasteiger partial charge in [-0.25, -0.2) is 0 Å². The molecule has 0 saturated carbocycles. The average molecular weight is 1330 g/mol. The number of unbranched alkanes of at least 4 members (excludes halogenated alkanes) is 43. The fourth-order valence-corrected chi connectivity index (χ4v) is 12.6. The van der Waals surface area contributed by atoms with Crippen LogP contribution in [0.3, 0.4) is 0 Å². The van der Waals surface area contributed by atoms with Gasteiger partial charge in [-0.3, -0.25) is 4.79 Å². The highest BCUT2D eigenvalue weighted by molar-refractivity contribution is 5.76. The average Bonchev–Trinajstić information content (AvgIpc) is 0.836. The van der Waals surface area contributed by atoms with E-state index >= 15 is 0 Å². The van der Waals surface area contributed by atoms with Gasteiger partial charge in [0, 0.05) is 6.42 Å². The Bertz CT molecular complexity index is 1880. The molecule has 0 spiro atoms. The maximum Gasteiger partial charge on any atom is 0.220 e. The Hall–Kier alpha value is -3.15. The molecule has 95 heavy (non-hydrogen) atoms. The smallest absolute Gasteiger partial charge is 0.220 e. The molecule has 0 aromatic carbocycles. The molecule has 6 N–H and O–H groups in total. The van der Waals surface area contributed by atoms with E-state index in [0.717, 1.165) is 96.3 Å². The maximum absolute atomic E-state index is 13.2. The number of carbonyl (C=O) groups excluding carboxylic acids is 1. The van der Waals surface area contributed by atoms with Crippen molar-refractivity contribution in [1.29, 1.82) is 0 Å². The quantitative estimate of drug-likeness (QED) is 0.0261. The first-order chi connectivity index (χ1) is 46.8. The van der Waals surface area contributed by atoms with E-state index in [1.807, 2.05) is 0 Å². The van der Waals surface area contributed by atoms with Crippen molar-refractivity contribution in [2.75, 3.05) is 13.2 Å². The Morgan fingerprint density at radius 1 is 0.368 bits per heavy atom. The molecular formula is C86H153NO8. The molecule has 0 aliphatic carbocycles. The zero-order valence-corrected chi connectivity index (χ0v) is 61.9. The number of ether oxygens (including phenoxy) is 2. The number of rotatable bonds is 71. The van der Waals surface area contributed by atoms with E-state index < -0.39 is 49.5 Å². The van der Waals surface area contributed by atoms with Crippen LogP contribution in [-0.4, -0.2) is 87.5 Å². The summed E-state index contributed by atoms with van der Waals surface area (Å²) in [6.07, 6.45) is 102. The van der Waals surface area contributed by atoms with Crippen molar-refractivity contribution < 1.29 is 39.8 Å². The molecule has 1 aliphatic rings. The highest BCUT2D eigenvalue weighted by Gasteiger charge is 2.44. The zero-order chi connectivity index (χ0) is 68.5. The largest absolute Gasteiger partial charge is 0.394 e. The standard InChI is InChI=1S/C86H153NO8/c1-3-5-7-9-11-13-15-17-19-21-23-25-27-29-31-33-35-36-37-38-39-40-41-42-43-44-46-48-50-52-54-56-58-60-62-64-66-68-70-72-74-76-82(90)87-79(78-94-86-85(93)84(92)83(91)81(77-88)95-86)80(89)75-73-71-69-67-65-63-61-59-57-55-53-51-49-47-45-34-32-30-28-26-24-22-20-18-16-14-12-10-8-6-4-2/h5,7,11,13,17,19,23,25,29,31,35-36,38-39,41-42,44,46,79-81,83-86,88-89,91-93H,3-4,6,8-10,12,14-16,18,20-22,24,26-28,30,32-34,37,40,43,45,47-78H2,1-2H3,(H,87,90)/b7-5-,13-11-,19-17-,25-23-,31-29-,36-35-,39-38-,42-41-,46-44-. The summed E-state index contributed by atoms with van der Waals surface area (Å²) in [7, 11) is 0. The van der Waals surface area contributed by atoms with Gasteiger partial charge in [0.25, 0.3) is 0 Å². The lowest BCUT2D eigenvalue weighted by atomic mass is 9.99. The third kappa shape index (κ3) is 61.7. The van der Waals surface area contributed by atoms with Crippen molar-refractivity contribution in [2.45, 2.75) is 416 Å². The van der Waals surface area contributed by atoms with Crippen LogP contribution in [0, 0.1) is 0 Å². The number of carbonyl (C=O) groups is 1. The predicted molar refractivity (Wildman–Crippen MR) is 410 cm³/mol. The fourth-order valence-electron chi connectivity index (χ4n) is 12.6. The molecule has 0 aromatic heterocycles. The van der Waals surface area contributed by atoms with Crippen molar-refractivity contribution >= 4 is 5.91 Å². The third-order valence-corrected chi connectivity index (χ3v) is 18.9. The minimum atomic E-state index is -1.56. The normalized spacial score (nSPS) is 18.1. The van der Waals surface area contributed by atoms with Crippen molar-refractivity contribution in [3.63, 3.8) is 0 Å². The van der Waals surface area contributed by atoms with Gasteiger partial charge in [0.05, 0.1) is 25.4 Å². The third-order valence-electron chi connectivity index (χ3n) is 18.9. The fraction of sp³-hybridized carbons (Fsp3) is 0.779. The monoisotopic (exact) mass is 1330 g/mol. The van der Waals surface area contributed by atoms with Crippen LogP contribution in [0.2, 0.25) is 0 Å². The molecule has 550 valence electrons. The Morgan fingerprint density at radius 2 is 0.653 bits per heavy atom. The molecule has 7 atom stereocenters. The first kappa shape index (κ1) is 89.9. The molecule has 0 radical (unpaired) electrons. The Balaban J connectivity index is 2.08. The summed E-state index contributed by atoms with van der Waals surface area (Å²) >= 11 is 0. The van der Waals surface area contributed by atoms with Crippen LogP contribution in [0.5, 0.6) is 0 Å². The molecule has 1 aliphatic heterocycles. The molecule has 1 fully saturated rings. The van der Waals surface area contributed by atoms with Gasteiger partial charge in [-0.05, 0) is 83.5 Å². The summed E-state index contributed by atoms with van der Waals surface area (Å²) in [5.41, 5.74) is 0. The SMILES string of the molecule is CC/C=C\C/C=C\C/C=C\C/C=C\C/C=C\C/C=C\C/C=C\C/C=C\C/C=C\CCCCCCCCCCCCCCCC(=O)NC(COC1OC(CO)C(O)C(O)C1O)C(O)CCCCCCCCCCCCCCCCCCCCCCCCCCCCCCCCC. The number of nitrogens with one attached hydrogen (secondary N) is 1. The van der Waals surface area contributed by atoms with Crippen LogP contribution in [0.4, 0.5) is 0 Å². The van der Waals surface area contributed by atoms with E-state index in [1.165, 1.54) is 250 Å². The molecule has 1 rings (SSSR count). The molecule has 1 amide bonds. The van der Waals surface area contributed by atoms with E-state index in [9.17, 15) is 30.3 Å². The van der Waals surface area contributed by atoms with E-state index in [1.54, 1.807) is 0 Å². The number of hydrogen-bond acceptors (Lipinski definition) is 8. The molecule has 0 bridgehead atoms. The van der Waals surface area contributed by atoms with E-state index in [-0.39, 0.29) is 12.5 Å². The van der Waals surface area contributed by atoms with Crippen LogP contribution in [-0.2, 0) is 14.3 Å². The van der Waals surface area contributed by atoms with Gasteiger partial charge in [0.2, 0.25) is 5.91 Å².